The second kappa shape index (κ2) is 5.20. The van der Waals surface area contributed by atoms with E-state index in [9.17, 15) is 9.90 Å². The molecule has 0 radical (unpaired) electrons. The minimum atomic E-state index is -1.01. The number of aromatic nitrogens is 3. The average molecular weight is 287 g/mol. The predicted octanol–water partition coefficient (Wildman–Crippen LogP) is 1.65. The fourth-order valence-electron chi connectivity index (χ4n) is 2.90. The van der Waals surface area contributed by atoms with Crippen molar-refractivity contribution in [2.24, 2.45) is 0 Å². The van der Waals surface area contributed by atoms with E-state index in [2.05, 4.69) is 10.1 Å². The number of fused-ring (bicyclic) bond motifs is 1. The molecule has 0 saturated carbocycles. The van der Waals surface area contributed by atoms with Crippen LogP contribution < -0.4 is 4.74 Å². The third-order valence-electron chi connectivity index (χ3n) is 4.05. The summed E-state index contributed by atoms with van der Waals surface area (Å²) in [7, 11) is 0. The second-order valence-electron chi connectivity index (χ2n) is 5.15. The highest BCUT2D eigenvalue weighted by Gasteiger charge is 2.45. The number of aliphatic carboxylic acids is 1. The molecule has 6 heteroatoms. The van der Waals surface area contributed by atoms with E-state index in [-0.39, 0.29) is 0 Å². The molecule has 0 fully saturated rings. The summed E-state index contributed by atoms with van der Waals surface area (Å²) in [6, 6.07) is 7.34. The molecule has 3 rings (SSSR count). The molecule has 1 N–H and O–H groups in total. The van der Waals surface area contributed by atoms with E-state index in [1.807, 2.05) is 31.2 Å². The van der Waals surface area contributed by atoms with Crippen LogP contribution in [0.1, 0.15) is 24.7 Å². The number of nitrogens with zero attached hydrogens (tertiary/aromatic N) is 3. The lowest BCUT2D eigenvalue weighted by molar-refractivity contribution is -0.145. The minimum Gasteiger partial charge on any atom is -0.493 e. The largest absolute Gasteiger partial charge is 0.493 e. The van der Waals surface area contributed by atoms with Crippen LogP contribution in [0.5, 0.6) is 5.75 Å². The fraction of sp³-hybridized carbons (Fsp3) is 0.400. The number of hydrogen-bond donors (Lipinski definition) is 1. The standard InChI is InChI=1S/C15H17N3O3/c1-2-18-13(16-10-17-18)9-15(14(19)20)7-8-21-12-6-4-3-5-11(12)15/h3-6,10H,2,7-9H2,1H3,(H,19,20). The van der Waals surface area contributed by atoms with Crippen molar-refractivity contribution < 1.29 is 14.6 Å². The lowest BCUT2D eigenvalue weighted by Crippen LogP contribution is -2.43. The van der Waals surface area contributed by atoms with Crippen LogP contribution in [0.3, 0.4) is 0 Å². The Balaban J connectivity index is 2.08. The Morgan fingerprint density at radius 2 is 2.29 bits per heavy atom. The van der Waals surface area contributed by atoms with Gasteiger partial charge in [-0.3, -0.25) is 9.48 Å². The highest BCUT2D eigenvalue weighted by Crippen LogP contribution is 2.41. The second-order valence-corrected chi connectivity index (χ2v) is 5.15. The molecule has 0 amide bonds. The molecule has 0 bridgehead atoms. The summed E-state index contributed by atoms with van der Waals surface area (Å²) in [5.41, 5.74) is -0.288. The molecule has 1 aliphatic rings. The van der Waals surface area contributed by atoms with E-state index >= 15 is 0 Å². The number of hydrogen-bond acceptors (Lipinski definition) is 4. The minimum absolute atomic E-state index is 0.316. The van der Waals surface area contributed by atoms with Crippen LogP contribution >= 0.6 is 0 Å². The number of benzene rings is 1. The molecule has 1 aromatic carbocycles. The van der Waals surface area contributed by atoms with Gasteiger partial charge in [-0.2, -0.15) is 5.10 Å². The molecule has 0 aliphatic carbocycles. The van der Waals surface area contributed by atoms with Gasteiger partial charge in [0.1, 0.15) is 23.3 Å². The van der Waals surface area contributed by atoms with Gasteiger partial charge in [-0.1, -0.05) is 18.2 Å². The van der Waals surface area contributed by atoms with Crippen molar-refractivity contribution in [2.75, 3.05) is 6.61 Å². The van der Waals surface area contributed by atoms with E-state index in [0.29, 0.717) is 37.6 Å². The summed E-state index contributed by atoms with van der Waals surface area (Å²) >= 11 is 0. The first kappa shape index (κ1) is 13.6. The Kier molecular flexibility index (Phi) is 3.37. The summed E-state index contributed by atoms with van der Waals surface area (Å²) in [6.45, 7) is 3.02. The van der Waals surface area contributed by atoms with Crippen molar-refractivity contribution in [2.45, 2.75) is 31.7 Å². The first-order valence-electron chi connectivity index (χ1n) is 7.00. The van der Waals surface area contributed by atoms with Crippen LogP contribution in [-0.2, 0) is 23.2 Å². The van der Waals surface area contributed by atoms with Crippen molar-refractivity contribution in [1.29, 1.82) is 0 Å². The van der Waals surface area contributed by atoms with E-state index in [1.165, 1.54) is 6.33 Å². The van der Waals surface area contributed by atoms with Gasteiger partial charge < -0.3 is 9.84 Å². The van der Waals surface area contributed by atoms with Gasteiger partial charge in [-0.25, -0.2) is 4.98 Å². The van der Waals surface area contributed by atoms with Gasteiger partial charge >= 0.3 is 5.97 Å². The molecule has 0 spiro atoms. The molecule has 1 aliphatic heterocycles. The van der Waals surface area contributed by atoms with E-state index in [0.717, 1.165) is 5.56 Å². The summed E-state index contributed by atoms with van der Waals surface area (Å²) in [5.74, 6) is 0.495. The maximum Gasteiger partial charge on any atom is 0.314 e. The quantitative estimate of drug-likeness (QED) is 0.925. The maximum absolute atomic E-state index is 12.1. The Morgan fingerprint density at radius 1 is 1.48 bits per heavy atom. The summed E-state index contributed by atoms with van der Waals surface area (Å²) in [6.07, 6.45) is 2.21. The monoisotopic (exact) mass is 287 g/mol. The van der Waals surface area contributed by atoms with Crippen molar-refractivity contribution in [3.63, 3.8) is 0 Å². The lowest BCUT2D eigenvalue weighted by Gasteiger charge is -2.35. The van der Waals surface area contributed by atoms with Gasteiger partial charge in [0.15, 0.2) is 0 Å². The highest BCUT2D eigenvalue weighted by molar-refractivity contribution is 5.83. The first-order valence-corrected chi connectivity index (χ1v) is 7.00. The molecule has 1 atom stereocenters. The maximum atomic E-state index is 12.1. The number of para-hydroxylation sites is 1. The molecule has 0 saturated heterocycles. The smallest absolute Gasteiger partial charge is 0.314 e. The predicted molar refractivity (Wildman–Crippen MR) is 75.3 cm³/mol. The zero-order valence-electron chi connectivity index (χ0n) is 11.8. The van der Waals surface area contributed by atoms with Gasteiger partial charge in [0, 0.05) is 24.9 Å². The van der Waals surface area contributed by atoms with Gasteiger partial charge in [0.25, 0.3) is 0 Å². The van der Waals surface area contributed by atoms with E-state index in [1.54, 1.807) is 4.68 Å². The number of rotatable bonds is 4. The highest BCUT2D eigenvalue weighted by atomic mass is 16.5. The molecule has 21 heavy (non-hydrogen) atoms. The molecular weight excluding hydrogens is 270 g/mol. The number of carboxylic acids is 1. The van der Waals surface area contributed by atoms with Crippen LogP contribution in [0.2, 0.25) is 0 Å². The van der Waals surface area contributed by atoms with E-state index in [4.69, 9.17) is 4.74 Å². The summed E-state index contributed by atoms with van der Waals surface area (Å²) < 4.78 is 7.34. The first-order chi connectivity index (χ1) is 10.2. The van der Waals surface area contributed by atoms with Crippen LogP contribution in [-0.4, -0.2) is 32.4 Å². The number of carboxylic acid groups (broad SMARTS) is 1. The zero-order chi connectivity index (χ0) is 14.9. The molecule has 1 unspecified atom stereocenters. The van der Waals surface area contributed by atoms with Gasteiger partial charge in [0.05, 0.1) is 6.61 Å². The molecule has 6 nitrogen and oxygen atoms in total. The Labute approximate surface area is 122 Å². The van der Waals surface area contributed by atoms with Gasteiger partial charge in [0.2, 0.25) is 0 Å². The summed E-state index contributed by atoms with van der Waals surface area (Å²) in [5, 5.41) is 14.0. The molecular formula is C15H17N3O3. The van der Waals surface area contributed by atoms with Crippen molar-refractivity contribution in [3.8, 4) is 5.75 Å². The SMILES string of the molecule is CCn1ncnc1CC1(C(=O)O)CCOc2ccccc21. The summed E-state index contributed by atoms with van der Waals surface area (Å²) in [4.78, 5) is 16.3. The van der Waals surface area contributed by atoms with Gasteiger partial charge in [-0.05, 0) is 13.0 Å². The van der Waals surface area contributed by atoms with Crippen molar-refractivity contribution in [3.05, 3.63) is 42.0 Å². The Hall–Kier alpha value is -2.37. The van der Waals surface area contributed by atoms with E-state index < -0.39 is 11.4 Å². The van der Waals surface area contributed by atoms with Crippen LogP contribution in [0, 0.1) is 0 Å². The average Bonchev–Trinajstić information content (AvgIpc) is 2.94. The van der Waals surface area contributed by atoms with Crippen LogP contribution in [0.25, 0.3) is 0 Å². The van der Waals surface area contributed by atoms with Crippen molar-refractivity contribution >= 4 is 5.97 Å². The van der Waals surface area contributed by atoms with Crippen LogP contribution in [0.15, 0.2) is 30.6 Å². The zero-order valence-corrected chi connectivity index (χ0v) is 11.8. The third-order valence-corrected chi connectivity index (χ3v) is 4.05. The third kappa shape index (κ3) is 2.16. The number of aryl methyl sites for hydroxylation is 1. The number of ether oxygens (including phenoxy) is 1. The molecule has 1 aromatic heterocycles. The molecule has 2 aromatic rings. The normalized spacial score (nSPS) is 20.6. The topological polar surface area (TPSA) is 77.2 Å². The van der Waals surface area contributed by atoms with Gasteiger partial charge in [-0.15, -0.1) is 0 Å². The molecule has 2 heterocycles. The Bertz CT molecular complexity index is 668. The molecule has 110 valence electrons. The number of carbonyl (C=O) groups is 1. The van der Waals surface area contributed by atoms with Crippen LogP contribution in [0.4, 0.5) is 0 Å². The fourth-order valence-corrected chi connectivity index (χ4v) is 2.90. The lowest BCUT2D eigenvalue weighted by atomic mass is 9.73. The Morgan fingerprint density at radius 3 is 3.05 bits per heavy atom. The van der Waals surface area contributed by atoms with Crippen molar-refractivity contribution in [1.82, 2.24) is 14.8 Å².